The molecule has 0 heterocycles. The molecule has 19 heavy (non-hydrogen) atoms. The summed E-state index contributed by atoms with van der Waals surface area (Å²) in [6.45, 7) is 2.98. The van der Waals surface area contributed by atoms with E-state index >= 15 is 0 Å². The van der Waals surface area contributed by atoms with Crippen molar-refractivity contribution < 1.29 is 4.92 Å². The number of nitrogens with zero attached hydrogens (tertiary/aromatic N) is 1. The standard InChI is InChI=1S/C14H20N2O2.ClH/c1-2-15-14(9-4-3-5-10-14)12-7-6-8-13(11-12)16(17)18;/h6-8,11,15H,2-5,9-10H2,1H3;1H. The van der Waals surface area contributed by atoms with Gasteiger partial charge in [-0.15, -0.1) is 12.4 Å². The molecule has 5 heteroatoms. The topological polar surface area (TPSA) is 55.2 Å². The number of nitrogens with one attached hydrogen (secondary N) is 1. The van der Waals surface area contributed by atoms with Crippen LogP contribution < -0.4 is 5.32 Å². The van der Waals surface area contributed by atoms with Crippen LogP contribution in [-0.2, 0) is 5.54 Å². The van der Waals surface area contributed by atoms with E-state index in [1.807, 2.05) is 6.07 Å². The average molecular weight is 285 g/mol. The molecule has 0 unspecified atom stereocenters. The predicted octanol–water partition coefficient (Wildman–Crippen LogP) is 3.79. The zero-order valence-electron chi connectivity index (χ0n) is 11.2. The Hall–Kier alpha value is -1.13. The summed E-state index contributed by atoms with van der Waals surface area (Å²) < 4.78 is 0. The first-order chi connectivity index (χ1) is 8.68. The van der Waals surface area contributed by atoms with Gasteiger partial charge in [-0.3, -0.25) is 10.1 Å². The molecule has 1 aliphatic carbocycles. The van der Waals surface area contributed by atoms with Crippen molar-refractivity contribution in [1.82, 2.24) is 5.32 Å². The molecule has 0 bridgehead atoms. The first kappa shape index (κ1) is 15.9. The summed E-state index contributed by atoms with van der Waals surface area (Å²) in [4.78, 5) is 10.6. The van der Waals surface area contributed by atoms with E-state index in [2.05, 4.69) is 12.2 Å². The zero-order valence-corrected chi connectivity index (χ0v) is 12.0. The van der Waals surface area contributed by atoms with Crippen LogP contribution in [-0.4, -0.2) is 11.5 Å². The molecule has 1 fully saturated rings. The van der Waals surface area contributed by atoms with Gasteiger partial charge in [-0.2, -0.15) is 0 Å². The Balaban J connectivity index is 0.00000180. The van der Waals surface area contributed by atoms with Gasteiger partial charge in [0.15, 0.2) is 0 Å². The minimum Gasteiger partial charge on any atom is -0.308 e. The van der Waals surface area contributed by atoms with Gasteiger partial charge in [-0.05, 0) is 24.9 Å². The van der Waals surface area contributed by atoms with E-state index in [9.17, 15) is 10.1 Å². The van der Waals surface area contributed by atoms with Crippen molar-refractivity contribution in [1.29, 1.82) is 0 Å². The number of nitro benzene ring substituents is 1. The fourth-order valence-electron chi connectivity index (χ4n) is 2.98. The van der Waals surface area contributed by atoms with E-state index < -0.39 is 0 Å². The molecule has 0 amide bonds. The van der Waals surface area contributed by atoms with Gasteiger partial charge in [0.25, 0.3) is 5.69 Å². The second-order valence-corrected chi connectivity index (χ2v) is 4.98. The average Bonchev–Trinajstić information content (AvgIpc) is 2.40. The summed E-state index contributed by atoms with van der Waals surface area (Å²) in [7, 11) is 0. The van der Waals surface area contributed by atoms with Gasteiger partial charge in [0.1, 0.15) is 0 Å². The molecule has 1 aliphatic rings. The summed E-state index contributed by atoms with van der Waals surface area (Å²) in [6.07, 6.45) is 5.79. The van der Waals surface area contributed by atoms with E-state index in [-0.39, 0.29) is 28.6 Å². The Kier molecular flexibility index (Phi) is 5.76. The number of non-ortho nitro benzene ring substituents is 1. The van der Waals surface area contributed by atoms with Crippen LogP contribution in [0.2, 0.25) is 0 Å². The monoisotopic (exact) mass is 284 g/mol. The van der Waals surface area contributed by atoms with Crippen LogP contribution >= 0.6 is 12.4 Å². The van der Waals surface area contributed by atoms with Gasteiger partial charge in [0.2, 0.25) is 0 Å². The van der Waals surface area contributed by atoms with E-state index in [0.717, 1.165) is 24.9 Å². The smallest absolute Gasteiger partial charge is 0.269 e. The Labute approximate surface area is 120 Å². The van der Waals surface area contributed by atoms with Crippen molar-refractivity contribution in [3.8, 4) is 0 Å². The molecule has 0 radical (unpaired) electrons. The largest absolute Gasteiger partial charge is 0.308 e. The summed E-state index contributed by atoms with van der Waals surface area (Å²) in [5, 5.41) is 14.4. The Morgan fingerprint density at radius 3 is 2.58 bits per heavy atom. The van der Waals surface area contributed by atoms with Crippen LogP contribution in [0.15, 0.2) is 24.3 Å². The fraction of sp³-hybridized carbons (Fsp3) is 0.571. The lowest BCUT2D eigenvalue weighted by atomic mass is 9.76. The molecular formula is C14H21ClN2O2. The Morgan fingerprint density at radius 2 is 2.00 bits per heavy atom. The number of hydrogen-bond acceptors (Lipinski definition) is 3. The molecule has 1 N–H and O–H groups in total. The van der Waals surface area contributed by atoms with E-state index in [1.165, 1.54) is 19.3 Å². The molecule has 0 aromatic heterocycles. The van der Waals surface area contributed by atoms with Gasteiger partial charge in [-0.1, -0.05) is 38.3 Å². The third-order valence-corrected chi connectivity index (χ3v) is 3.83. The summed E-state index contributed by atoms with van der Waals surface area (Å²) in [6, 6.07) is 7.10. The van der Waals surface area contributed by atoms with Crippen LogP contribution in [0.5, 0.6) is 0 Å². The number of benzene rings is 1. The van der Waals surface area contributed by atoms with Gasteiger partial charge >= 0.3 is 0 Å². The van der Waals surface area contributed by atoms with E-state index in [4.69, 9.17) is 0 Å². The van der Waals surface area contributed by atoms with Crippen molar-refractivity contribution in [2.24, 2.45) is 0 Å². The van der Waals surface area contributed by atoms with Gasteiger partial charge < -0.3 is 5.32 Å². The lowest BCUT2D eigenvalue weighted by Crippen LogP contribution is -2.43. The summed E-state index contributed by atoms with van der Waals surface area (Å²) in [5.74, 6) is 0. The van der Waals surface area contributed by atoms with Crippen LogP contribution in [0.25, 0.3) is 0 Å². The number of halogens is 1. The fourth-order valence-corrected chi connectivity index (χ4v) is 2.98. The highest BCUT2D eigenvalue weighted by molar-refractivity contribution is 5.85. The van der Waals surface area contributed by atoms with Crippen molar-refractivity contribution in [3.63, 3.8) is 0 Å². The lowest BCUT2D eigenvalue weighted by molar-refractivity contribution is -0.385. The summed E-state index contributed by atoms with van der Waals surface area (Å²) >= 11 is 0. The van der Waals surface area contributed by atoms with Crippen LogP contribution in [0.4, 0.5) is 5.69 Å². The zero-order chi connectivity index (χ0) is 13.0. The third kappa shape index (κ3) is 3.45. The second kappa shape index (κ2) is 6.87. The van der Waals surface area contributed by atoms with E-state index in [0.29, 0.717) is 0 Å². The molecule has 106 valence electrons. The molecule has 0 atom stereocenters. The maximum Gasteiger partial charge on any atom is 0.269 e. The van der Waals surface area contributed by atoms with Gasteiger partial charge in [-0.25, -0.2) is 0 Å². The second-order valence-electron chi connectivity index (χ2n) is 4.98. The van der Waals surface area contributed by atoms with Crippen LogP contribution in [0.3, 0.4) is 0 Å². The van der Waals surface area contributed by atoms with Crippen LogP contribution in [0.1, 0.15) is 44.6 Å². The highest BCUT2D eigenvalue weighted by Gasteiger charge is 2.33. The molecule has 1 aromatic carbocycles. The molecule has 4 nitrogen and oxygen atoms in total. The number of nitro groups is 1. The molecule has 1 saturated carbocycles. The van der Waals surface area contributed by atoms with Gasteiger partial charge in [0.05, 0.1) is 4.92 Å². The molecule has 2 rings (SSSR count). The van der Waals surface area contributed by atoms with Crippen LogP contribution in [0, 0.1) is 10.1 Å². The highest BCUT2D eigenvalue weighted by atomic mass is 35.5. The molecule has 0 saturated heterocycles. The number of hydrogen-bond donors (Lipinski definition) is 1. The third-order valence-electron chi connectivity index (χ3n) is 3.83. The van der Waals surface area contributed by atoms with Crippen molar-refractivity contribution in [2.45, 2.75) is 44.6 Å². The first-order valence-corrected chi connectivity index (χ1v) is 6.68. The maximum absolute atomic E-state index is 10.9. The Morgan fingerprint density at radius 1 is 1.32 bits per heavy atom. The first-order valence-electron chi connectivity index (χ1n) is 6.68. The molecule has 1 aromatic rings. The number of rotatable bonds is 4. The normalized spacial score (nSPS) is 17.5. The minimum atomic E-state index is -0.314. The predicted molar refractivity (Wildman–Crippen MR) is 78.8 cm³/mol. The summed E-state index contributed by atoms with van der Waals surface area (Å²) in [5.41, 5.74) is 1.20. The SMILES string of the molecule is CCNC1(c2cccc([N+](=O)[O-])c2)CCCCC1.Cl. The quantitative estimate of drug-likeness (QED) is 0.676. The van der Waals surface area contributed by atoms with Gasteiger partial charge in [0, 0.05) is 17.7 Å². The van der Waals surface area contributed by atoms with E-state index in [1.54, 1.807) is 18.2 Å². The maximum atomic E-state index is 10.9. The molecular weight excluding hydrogens is 264 g/mol. The Bertz CT molecular complexity index is 426. The molecule has 0 aliphatic heterocycles. The van der Waals surface area contributed by atoms with Crippen molar-refractivity contribution in [2.75, 3.05) is 6.54 Å². The van der Waals surface area contributed by atoms with Crippen molar-refractivity contribution >= 4 is 18.1 Å². The minimum absolute atomic E-state index is 0. The molecule has 0 spiro atoms. The lowest BCUT2D eigenvalue weighted by Gasteiger charge is -2.38. The van der Waals surface area contributed by atoms with Crippen molar-refractivity contribution in [3.05, 3.63) is 39.9 Å². The highest BCUT2D eigenvalue weighted by Crippen LogP contribution is 2.38.